The van der Waals surface area contributed by atoms with Crippen molar-refractivity contribution in [2.24, 2.45) is 0 Å². The van der Waals surface area contributed by atoms with Crippen LogP contribution in [0, 0.1) is 0 Å². The number of benzene rings is 3. The minimum Gasteiger partial charge on any atom is -0.507 e. The molecular formula is C26H24N2O4. The summed E-state index contributed by atoms with van der Waals surface area (Å²) in [5, 5.41) is 13.0. The molecule has 0 unspecified atom stereocenters. The highest BCUT2D eigenvalue weighted by atomic mass is 16.5. The van der Waals surface area contributed by atoms with Crippen LogP contribution < -0.4 is 14.8 Å². The van der Waals surface area contributed by atoms with Crippen molar-refractivity contribution >= 4 is 11.6 Å². The average molecular weight is 428 g/mol. The smallest absolute Gasteiger partial charge is 0.259 e. The molecule has 1 aromatic heterocycles. The number of carbonyl (C=O) groups excluding carboxylic acids is 1. The van der Waals surface area contributed by atoms with Crippen LogP contribution in [0.3, 0.4) is 0 Å². The Morgan fingerprint density at radius 1 is 1.00 bits per heavy atom. The molecule has 1 amide bonds. The standard InChI is InChI=1S/C26H24N2O4/c1-31-25-10-3-2-6-18(25)13-15-32-21-8-4-7-20(17-21)28-26(30)22-16-19(11-12-24(22)29)23-9-5-14-27-23/h2-12,14,16-17,27,29H,13,15H2,1H3,(H,28,30). The number of carbonyl (C=O) groups is 1. The second kappa shape index (κ2) is 9.75. The van der Waals surface area contributed by atoms with E-state index in [0.29, 0.717) is 24.5 Å². The van der Waals surface area contributed by atoms with Gasteiger partial charge in [0.2, 0.25) is 0 Å². The third kappa shape index (κ3) is 4.92. The zero-order chi connectivity index (χ0) is 22.3. The van der Waals surface area contributed by atoms with Gasteiger partial charge >= 0.3 is 0 Å². The Bertz CT molecular complexity index is 1200. The number of amides is 1. The first-order valence-electron chi connectivity index (χ1n) is 10.3. The third-order valence-electron chi connectivity index (χ3n) is 5.07. The predicted molar refractivity (Wildman–Crippen MR) is 124 cm³/mol. The number of phenols is 1. The van der Waals surface area contributed by atoms with Crippen molar-refractivity contribution < 1.29 is 19.4 Å². The maximum atomic E-state index is 12.8. The lowest BCUT2D eigenvalue weighted by molar-refractivity contribution is 0.102. The maximum absolute atomic E-state index is 12.8. The molecule has 0 radical (unpaired) electrons. The first kappa shape index (κ1) is 21.1. The Hall–Kier alpha value is -4.19. The van der Waals surface area contributed by atoms with Gasteiger partial charge in [-0.15, -0.1) is 0 Å². The molecule has 0 spiro atoms. The number of methoxy groups -OCH3 is 1. The van der Waals surface area contributed by atoms with Gasteiger partial charge in [0.25, 0.3) is 5.91 Å². The molecular weight excluding hydrogens is 404 g/mol. The Morgan fingerprint density at radius 3 is 2.69 bits per heavy atom. The second-order valence-electron chi connectivity index (χ2n) is 7.21. The molecule has 4 aromatic rings. The first-order valence-corrected chi connectivity index (χ1v) is 10.3. The van der Waals surface area contributed by atoms with E-state index >= 15 is 0 Å². The number of aromatic amines is 1. The quantitative estimate of drug-likeness (QED) is 0.357. The molecule has 1 heterocycles. The average Bonchev–Trinajstić information content (AvgIpc) is 3.35. The number of anilines is 1. The van der Waals surface area contributed by atoms with Crippen LogP contribution in [0.2, 0.25) is 0 Å². The van der Waals surface area contributed by atoms with Crippen LogP contribution in [0.25, 0.3) is 11.3 Å². The van der Waals surface area contributed by atoms with E-state index in [9.17, 15) is 9.90 Å². The summed E-state index contributed by atoms with van der Waals surface area (Å²) in [6.07, 6.45) is 2.50. The highest BCUT2D eigenvalue weighted by Gasteiger charge is 2.14. The molecule has 0 aliphatic carbocycles. The lowest BCUT2D eigenvalue weighted by Crippen LogP contribution is -2.12. The Morgan fingerprint density at radius 2 is 1.88 bits per heavy atom. The number of H-pyrrole nitrogens is 1. The van der Waals surface area contributed by atoms with Crippen LogP contribution in [-0.4, -0.2) is 29.7 Å². The van der Waals surface area contributed by atoms with Gasteiger partial charge in [-0.2, -0.15) is 0 Å². The Labute approximate surface area is 186 Å². The fourth-order valence-electron chi connectivity index (χ4n) is 3.45. The summed E-state index contributed by atoms with van der Waals surface area (Å²) in [6, 6.07) is 23.7. The number of nitrogens with one attached hydrogen (secondary N) is 2. The largest absolute Gasteiger partial charge is 0.507 e. The lowest BCUT2D eigenvalue weighted by atomic mass is 10.1. The Balaban J connectivity index is 1.42. The van der Waals surface area contributed by atoms with Crippen LogP contribution in [0.5, 0.6) is 17.2 Å². The van der Waals surface area contributed by atoms with E-state index in [1.165, 1.54) is 6.07 Å². The van der Waals surface area contributed by atoms with Crippen molar-refractivity contribution in [3.63, 3.8) is 0 Å². The number of ether oxygens (including phenoxy) is 2. The van der Waals surface area contributed by atoms with E-state index < -0.39 is 5.91 Å². The highest BCUT2D eigenvalue weighted by Crippen LogP contribution is 2.26. The topological polar surface area (TPSA) is 83.6 Å². The summed E-state index contributed by atoms with van der Waals surface area (Å²) in [5.41, 5.74) is 3.52. The molecule has 0 bridgehead atoms. The Kier molecular flexibility index (Phi) is 6.41. The molecule has 0 fully saturated rings. The van der Waals surface area contributed by atoms with Crippen LogP contribution in [-0.2, 0) is 6.42 Å². The van der Waals surface area contributed by atoms with Crippen molar-refractivity contribution in [1.82, 2.24) is 4.98 Å². The van der Waals surface area contributed by atoms with Crippen molar-refractivity contribution in [3.8, 4) is 28.5 Å². The zero-order valence-electron chi connectivity index (χ0n) is 17.7. The normalized spacial score (nSPS) is 10.5. The third-order valence-corrected chi connectivity index (χ3v) is 5.07. The summed E-state index contributed by atoms with van der Waals surface area (Å²) in [5.74, 6) is 0.990. The van der Waals surface area contributed by atoms with Gasteiger partial charge in [-0.05, 0) is 59.7 Å². The number of hydrogen-bond acceptors (Lipinski definition) is 4. The summed E-state index contributed by atoms with van der Waals surface area (Å²) in [6.45, 7) is 0.469. The maximum Gasteiger partial charge on any atom is 0.259 e. The van der Waals surface area contributed by atoms with Crippen LogP contribution >= 0.6 is 0 Å². The van der Waals surface area contributed by atoms with E-state index in [1.807, 2.05) is 48.5 Å². The zero-order valence-corrected chi connectivity index (χ0v) is 17.7. The van der Waals surface area contributed by atoms with Crippen molar-refractivity contribution in [2.45, 2.75) is 6.42 Å². The van der Waals surface area contributed by atoms with E-state index in [-0.39, 0.29) is 11.3 Å². The van der Waals surface area contributed by atoms with Gasteiger partial charge in [-0.1, -0.05) is 24.3 Å². The van der Waals surface area contributed by atoms with Crippen molar-refractivity contribution in [1.29, 1.82) is 0 Å². The number of aromatic hydroxyl groups is 1. The summed E-state index contributed by atoms with van der Waals surface area (Å²) < 4.78 is 11.2. The highest BCUT2D eigenvalue weighted by molar-refractivity contribution is 6.06. The summed E-state index contributed by atoms with van der Waals surface area (Å²) in [7, 11) is 1.65. The lowest BCUT2D eigenvalue weighted by Gasteiger charge is -2.12. The second-order valence-corrected chi connectivity index (χ2v) is 7.21. The van der Waals surface area contributed by atoms with E-state index in [1.54, 1.807) is 37.6 Å². The van der Waals surface area contributed by atoms with Gasteiger partial charge < -0.3 is 24.9 Å². The molecule has 0 aliphatic heterocycles. The van der Waals surface area contributed by atoms with E-state index in [0.717, 1.165) is 22.6 Å². The minimum atomic E-state index is -0.401. The van der Waals surface area contributed by atoms with E-state index in [4.69, 9.17) is 9.47 Å². The number of para-hydroxylation sites is 1. The van der Waals surface area contributed by atoms with Gasteiger partial charge in [-0.3, -0.25) is 4.79 Å². The molecule has 32 heavy (non-hydrogen) atoms. The van der Waals surface area contributed by atoms with Crippen LogP contribution in [0.15, 0.2) is 85.1 Å². The van der Waals surface area contributed by atoms with Gasteiger partial charge in [0.05, 0.1) is 19.3 Å². The van der Waals surface area contributed by atoms with E-state index in [2.05, 4.69) is 10.3 Å². The predicted octanol–water partition coefficient (Wildman–Crippen LogP) is 5.27. The molecule has 162 valence electrons. The molecule has 3 N–H and O–H groups in total. The number of rotatable bonds is 8. The van der Waals surface area contributed by atoms with Gasteiger partial charge in [0.15, 0.2) is 0 Å². The molecule has 0 aliphatic rings. The first-order chi connectivity index (χ1) is 15.6. The number of hydrogen-bond donors (Lipinski definition) is 3. The van der Waals surface area contributed by atoms with Crippen LogP contribution in [0.4, 0.5) is 5.69 Å². The van der Waals surface area contributed by atoms with Gasteiger partial charge in [0.1, 0.15) is 17.2 Å². The fourth-order valence-corrected chi connectivity index (χ4v) is 3.45. The minimum absolute atomic E-state index is 0.0815. The van der Waals surface area contributed by atoms with Gasteiger partial charge in [0, 0.05) is 30.1 Å². The summed E-state index contributed by atoms with van der Waals surface area (Å²) in [4.78, 5) is 15.9. The molecule has 6 nitrogen and oxygen atoms in total. The summed E-state index contributed by atoms with van der Waals surface area (Å²) >= 11 is 0. The molecule has 4 rings (SSSR count). The molecule has 6 heteroatoms. The fraction of sp³-hybridized carbons (Fsp3) is 0.115. The molecule has 0 saturated heterocycles. The monoisotopic (exact) mass is 428 g/mol. The van der Waals surface area contributed by atoms with Gasteiger partial charge in [-0.25, -0.2) is 0 Å². The number of phenolic OH excluding ortho intramolecular Hbond substituents is 1. The van der Waals surface area contributed by atoms with Crippen LogP contribution in [0.1, 0.15) is 15.9 Å². The van der Waals surface area contributed by atoms with Crippen molar-refractivity contribution in [3.05, 3.63) is 96.2 Å². The van der Waals surface area contributed by atoms with Crippen molar-refractivity contribution in [2.75, 3.05) is 19.0 Å². The molecule has 0 saturated carbocycles. The SMILES string of the molecule is COc1ccccc1CCOc1cccc(NC(=O)c2cc(-c3ccc[nH]3)ccc2O)c1. The molecule has 3 aromatic carbocycles. The number of aromatic nitrogens is 1. The molecule has 0 atom stereocenters.